The first-order valence-corrected chi connectivity index (χ1v) is 4.94. The Morgan fingerprint density at radius 1 is 1.47 bits per heavy atom. The van der Waals surface area contributed by atoms with Gasteiger partial charge >= 0.3 is 5.97 Å². The molecule has 3 nitrogen and oxygen atoms in total. The number of aldehydes is 1. The van der Waals surface area contributed by atoms with Gasteiger partial charge in [0.1, 0.15) is 0 Å². The highest BCUT2D eigenvalue weighted by molar-refractivity contribution is 5.98. The predicted octanol–water partition coefficient (Wildman–Crippen LogP) is 2.45. The third-order valence-electron chi connectivity index (χ3n) is 2.19. The van der Waals surface area contributed by atoms with Crippen LogP contribution in [0.1, 0.15) is 41.0 Å². The Morgan fingerprint density at radius 3 is 2.73 bits per heavy atom. The number of carbonyl (C=O) groups excluding carboxylic acids is 2. The summed E-state index contributed by atoms with van der Waals surface area (Å²) in [5.74, 6) is -0.438. The molecule has 1 atom stereocenters. The van der Waals surface area contributed by atoms with E-state index in [0.717, 1.165) is 6.42 Å². The zero-order valence-electron chi connectivity index (χ0n) is 8.90. The molecule has 0 aliphatic carbocycles. The number of esters is 1. The van der Waals surface area contributed by atoms with E-state index < -0.39 is 5.97 Å². The van der Waals surface area contributed by atoms with Crippen LogP contribution in [0.25, 0.3) is 0 Å². The number of benzene rings is 1. The van der Waals surface area contributed by atoms with Crippen molar-refractivity contribution in [2.45, 2.75) is 26.4 Å². The Labute approximate surface area is 89.1 Å². The van der Waals surface area contributed by atoms with Crippen LogP contribution in [0, 0.1) is 0 Å². The van der Waals surface area contributed by atoms with E-state index in [0.29, 0.717) is 17.4 Å². The summed E-state index contributed by atoms with van der Waals surface area (Å²) in [4.78, 5) is 22.3. The highest BCUT2D eigenvalue weighted by Gasteiger charge is 2.13. The fraction of sp³-hybridized carbons (Fsp3) is 0.333. The van der Waals surface area contributed by atoms with Gasteiger partial charge in [0.25, 0.3) is 0 Å². The average molecular weight is 206 g/mol. The van der Waals surface area contributed by atoms with Crippen LogP contribution in [0.5, 0.6) is 0 Å². The molecule has 1 aromatic carbocycles. The molecular weight excluding hydrogens is 192 g/mol. The summed E-state index contributed by atoms with van der Waals surface area (Å²) >= 11 is 0. The molecule has 0 saturated carbocycles. The first-order valence-electron chi connectivity index (χ1n) is 4.94. The Kier molecular flexibility index (Phi) is 4.03. The van der Waals surface area contributed by atoms with Crippen LogP contribution in [0.3, 0.4) is 0 Å². The number of hydrogen-bond donors (Lipinski definition) is 0. The molecule has 1 rings (SSSR count). The Balaban J connectivity index is 2.86. The van der Waals surface area contributed by atoms with E-state index in [-0.39, 0.29) is 6.10 Å². The van der Waals surface area contributed by atoms with Crippen LogP contribution in [-0.4, -0.2) is 18.4 Å². The summed E-state index contributed by atoms with van der Waals surface area (Å²) in [5, 5.41) is 0. The molecule has 0 aromatic heterocycles. The van der Waals surface area contributed by atoms with Gasteiger partial charge in [-0.25, -0.2) is 4.79 Å². The molecule has 1 aromatic rings. The second-order valence-electron chi connectivity index (χ2n) is 3.33. The van der Waals surface area contributed by atoms with E-state index in [1.807, 2.05) is 13.8 Å². The standard InChI is InChI=1S/C12H14O3/c1-3-9(2)15-12(14)11-7-5-4-6-10(11)8-13/h4-9H,3H2,1-2H3. The topological polar surface area (TPSA) is 43.4 Å². The average Bonchev–Trinajstić information content (AvgIpc) is 2.28. The van der Waals surface area contributed by atoms with Gasteiger partial charge in [0.05, 0.1) is 11.7 Å². The van der Waals surface area contributed by atoms with Gasteiger partial charge in [-0.05, 0) is 19.4 Å². The number of hydrogen-bond acceptors (Lipinski definition) is 3. The SMILES string of the molecule is CCC(C)OC(=O)c1ccccc1C=O. The van der Waals surface area contributed by atoms with Gasteiger partial charge in [-0.1, -0.05) is 25.1 Å². The lowest BCUT2D eigenvalue weighted by Crippen LogP contribution is -2.15. The molecule has 0 fully saturated rings. The van der Waals surface area contributed by atoms with Crippen molar-refractivity contribution in [2.24, 2.45) is 0 Å². The van der Waals surface area contributed by atoms with Crippen molar-refractivity contribution >= 4 is 12.3 Å². The van der Waals surface area contributed by atoms with Crippen molar-refractivity contribution in [1.82, 2.24) is 0 Å². The normalized spacial score (nSPS) is 11.9. The lowest BCUT2D eigenvalue weighted by molar-refractivity contribution is 0.0333. The van der Waals surface area contributed by atoms with E-state index in [1.165, 1.54) is 0 Å². The van der Waals surface area contributed by atoms with Crippen LogP contribution < -0.4 is 0 Å². The summed E-state index contributed by atoms with van der Waals surface area (Å²) in [7, 11) is 0. The van der Waals surface area contributed by atoms with Gasteiger partial charge in [-0.2, -0.15) is 0 Å². The van der Waals surface area contributed by atoms with E-state index in [1.54, 1.807) is 24.3 Å². The largest absolute Gasteiger partial charge is 0.459 e. The van der Waals surface area contributed by atoms with Crippen LogP contribution in [-0.2, 0) is 4.74 Å². The molecule has 0 amide bonds. The zero-order chi connectivity index (χ0) is 11.3. The van der Waals surface area contributed by atoms with Gasteiger partial charge < -0.3 is 4.74 Å². The molecule has 1 unspecified atom stereocenters. The van der Waals surface area contributed by atoms with Crippen molar-refractivity contribution < 1.29 is 14.3 Å². The summed E-state index contributed by atoms with van der Waals surface area (Å²) in [6, 6.07) is 6.61. The van der Waals surface area contributed by atoms with E-state index in [9.17, 15) is 9.59 Å². The molecule has 3 heteroatoms. The predicted molar refractivity (Wildman–Crippen MR) is 57.0 cm³/mol. The molecule has 0 N–H and O–H groups in total. The van der Waals surface area contributed by atoms with Crippen molar-refractivity contribution in [3.8, 4) is 0 Å². The Hall–Kier alpha value is -1.64. The van der Waals surface area contributed by atoms with Crippen molar-refractivity contribution in [3.63, 3.8) is 0 Å². The van der Waals surface area contributed by atoms with Crippen molar-refractivity contribution in [1.29, 1.82) is 0 Å². The molecule has 0 bridgehead atoms. The molecule has 15 heavy (non-hydrogen) atoms. The molecule has 0 aliphatic heterocycles. The summed E-state index contributed by atoms with van der Waals surface area (Å²) in [6.07, 6.45) is 1.29. The quantitative estimate of drug-likeness (QED) is 0.561. The maximum Gasteiger partial charge on any atom is 0.339 e. The maximum absolute atomic E-state index is 11.6. The molecule has 0 spiro atoms. The van der Waals surface area contributed by atoms with Gasteiger partial charge in [0, 0.05) is 5.56 Å². The minimum absolute atomic E-state index is 0.128. The highest BCUT2D eigenvalue weighted by Crippen LogP contribution is 2.10. The lowest BCUT2D eigenvalue weighted by Gasteiger charge is -2.11. The highest BCUT2D eigenvalue weighted by atomic mass is 16.5. The first-order chi connectivity index (χ1) is 7.19. The van der Waals surface area contributed by atoms with Crippen LogP contribution >= 0.6 is 0 Å². The van der Waals surface area contributed by atoms with Crippen LogP contribution in [0.15, 0.2) is 24.3 Å². The zero-order valence-corrected chi connectivity index (χ0v) is 8.90. The molecular formula is C12H14O3. The Bertz CT molecular complexity index is 358. The van der Waals surface area contributed by atoms with Gasteiger partial charge in [0.15, 0.2) is 6.29 Å². The molecule has 0 saturated heterocycles. The van der Waals surface area contributed by atoms with E-state index in [4.69, 9.17) is 4.74 Å². The second kappa shape index (κ2) is 5.29. The third-order valence-corrected chi connectivity index (χ3v) is 2.19. The van der Waals surface area contributed by atoms with Crippen LogP contribution in [0.4, 0.5) is 0 Å². The number of carbonyl (C=O) groups is 2. The Morgan fingerprint density at radius 2 is 2.13 bits per heavy atom. The fourth-order valence-electron chi connectivity index (χ4n) is 1.12. The fourth-order valence-corrected chi connectivity index (χ4v) is 1.12. The minimum atomic E-state index is -0.438. The molecule has 80 valence electrons. The minimum Gasteiger partial charge on any atom is -0.459 e. The third kappa shape index (κ3) is 2.91. The summed E-state index contributed by atoms with van der Waals surface area (Å²) in [5.41, 5.74) is 0.693. The molecule has 0 heterocycles. The van der Waals surface area contributed by atoms with Gasteiger partial charge in [0.2, 0.25) is 0 Å². The van der Waals surface area contributed by atoms with Crippen molar-refractivity contribution in [2.75, 3.05) is 0 Å². The van der Waals surface area contributed by atoms with Crippen molar-refractivity contribution in [3.05, 3.63) is 35.4 Å². The summed E-state index contributed by atoms with van der Waals surface area (Å²) < 4.78 is 5.13. The molecule has 0 aliphatic rings. The monoisotopic (exact) mass is 206 g/mol. The van der Waals surface area contributed by atoms with Gasteiger partial charge in [-0.15, -0.1) is 0 Å². The van der Waals surface area contributed by atoms with Gasteiger partial charge in [-0.3, -0.25) is 4.79 Å². The second-order valence-corrected chi connectivity index (χ2v) is 3.33. The van der Waals surface area contributed by atoms with E-state index >= 15 is 0 Å². The number of rotatable bonds is 4. The summed E-state index contributed by atoms with van der Waals surface area (Å²) in [6.45, 7) is 3.75. The smallest absolute Gasteiger partial charge is 0.339 e. The van der Waals surface area contributed by atoms with E-state index in [2.05, 4.69) is 0 Å². The lowest BCUT2D eigenvalue weighted by atomic mass is 10.1. The van der Waals surface area contributed by atoms with Crippen LogP contribution in [0.2, 0.25) is 0 Å². The maximum atomic E-state index is 11.6. The number of ether oxygens (including phenoxy) is 1. The first kappa shape index (κ1) is 11.4. The molecule has 0 radical (unpaired) electrons.